The minimum atomic E-state index is 0.511. The first-order valence-electron chi connectivity index (χ1n) is 5.13. The molecule has 1 aliphatic heterocycles. The fraction of sp³-hybridized carbons (Fsp3) is 1.00. The summed E-state index contributed by atoms with van der Waals surface area (Å²) < 4.78 is 5.78. The summed E-state index contributed by atoms with van der Waals surface area (Å²) in [7, 11) is 0. The summed E-state index contributed by atoms with van der Waals surface area (Å²) in [6.07, 6.45) is 4.41. The predicted molar refractivity (Wildman–Crippen MR) is 49.1 cm³/mol. The number of hydrogen-bond acceptors (Lipinski definition) is 2. The molecule has 1 saturated heterocycles. The van der Waals surface area contributed by atoms with E-state index in [1.807, 2.05) is 0 Å². The molecule has 4 unspecified atom stereocenters. The fourth-order valence-corrected chi connectivity index (χ4v) is 2.41. The van der Waals surface area contributed by atoms with Crippen LogP contribution in [0, 0.1) is 5.92 Å². The lowest BCUT2D eigenvalue weighted by atomic mass is 9.84. The number of hydrogen-bond donors (Lipinski definition) is 1. The van der Waals surface area contributed by atoms with Crippen molar-refractivity contribution in [3.05, 3.63) is 0 Å². The average molecular weight is 169 g/mol. The third-order valence-electron chi connectivity index (χ3n) is 3.11. The van der Waals surface area contributed by atoms with Gasteiger partial charge in [0.05, 0.1) is 12.7 Å². The van der Waals surface area contributed by atoms with Crippen LogP contribution in [0.15, 0.2) is 0 Å². The SMILES string of the molecule is CC1CCC2OCC(C)NC2C1. The topological polar surface area (TPSA) is 21.3 Å². The third kappa shape index (κ3) is 1.64. The summed E-state index contributed by atoms with van der Waals surface area (Å²) >= 11 is 0. The number of morpholine rings is 1. The lowest BCUT2D eigenvalue weighted by Crippen LogP contribution is -2.55. The largest absolute Gasteiger partial charge is 0.375 e. The highest BCUT2D eigenvalue weighted by Gasteiger charge is 2.33. The summed E-state index contributed by atoms with van der Waals surface area (Å²) in [4.78, 5) is 0. The van der Waals surface area contributed by atoms with Crippen molar-refractivity contribution in [1.29, 1.82) is 0 Å². The minimum Gasteiger partial charge on any atom is -0.375 e. The summed E-state index contributed by atoms with van der Waals surface area (Å²) in [5.74, 6) is 0.882. The maximum Gasteiger partial charge on any atom is 0.0729 e. The van der Waals surface area contributed by atoms with Gasteiger partial charge in [-0.25, -0.2) is 0 Å². The maximum atomic E-state index is 5.78. The molecule has 2 aliphatic rings. The molecule has 0 aromatic rings. The quantitative estimate of drug-likeness (QED) is 0.594. The first-order valence-corrected chi connectivity index (χ1v) is 5.13. The summed E-state index contributed by atoms with van der Waals surface area (Å²) in [5, 5.41) is 3.62. The molecule has 0 aromatic carbocycles. The Bertz CT molecular complexity index is 144. The van der Waals surface area contributed by atoms with Crippen LogP contribution in [0.5, 0.6) is 0 Å². The molecular formula is C10H19NO. The smallest absolute Gasteiger partial charge is 0.0729 e. The summed E-state index contributed by atoms with van der Waals surface area (Å²) in [5.41, 5.74) is 0. The van der Waals surface area contributed by atoms with E-state index in [2.05, 4.69) is 19.2 Å². The second kappa shape index (κ2) is 3.35. The molecule has 1 aliphatic carbocycles. The van der Waals surface area contributed by atoms with Crippen LogP contribution >= 0.6 is 0 Å². The molecule has 70 valence electrons. The van der Waals surface area contributed by atoms with Gasteiger partial charge >= 0.3 is 0 Å². The molecule has 0 aromatic heterocycles. The van der Waals surface area contributed by atoms with Crippen LogP contribution in [-0.2, 0) is 4.74 Å². The molecule has 2 heteroatoms. The van der Waals surface area contributed by atoms with Crippen molar-refractivity contribution >= 4 is 0 Å². The average Bonchev–Trinajstić information content (AvgIpc) is 2.03. The Kier molecular flexibility index (Phi) is 2.37. The molecule has 12 heavy (non-hydrogen) atoms. The molecule has 0 amide bonds. The van der Waals surface area contributed by atoms with Gasteiger partial charge < -0.3 is 10.1 Å². The number of rotatable bonds is 0. The Morgan fingerprint density at radius 2 is 2.08 bits per heavy atom. The summed E-state index contributed by atoms with van der Waals surface area (Å²) in [6, 6.07) is 1.19. The van der Waals surface area contributed by atoms with E-state index >= 15 is 0 Å². The second-order valence-electron chi connectivity index (χ2n) is 4.46. The van der Waals surface area contributed by atoms with Crippen molar-refractivity contribution in [3.63, 3.8) is 0 Å². The molecule has 0 bridgehead atoms. The maximum absolute atomic E-state index is 5.78. The monoisotopic (exact) mass is 169 g/mol. The highest BCUT2D eigenvalue weighted by atomic mass is 16.5. The van der Waals surface area contributed by atoms with E-state index in [1.54, 1.807) is 0 Å². The van der Waals surface area contributed by atoms with Gasteiger partial charge in [0.15, 0.2) is 0 Å². The van der Waals surface area contributed by atoms with E-state index in [1.165, 1.54) is 19.3 Å². The number of fused-ring (bicyclic) bond motifs is 1. The van der Waals surface area contributed by atoms with Gasteiger partial charge in [-0.3, -0.25) is 0 Å². The van der Waals surface area contributed by atoms with Crippen molar-refractivity contribution in [3.8, 4) is 0 Å². The molecule has 2 rings (SSSR count). The first-order chi connectivity index (χ1) is 5.75. The van der Waals surface area contributed by atoms with Crippen LogP contribution in [-0.4, -0.2) is 24.8 Å². The Morgan fingerprint density at radius 3 is 2.92 bits per heavy atom. The van der Waals surface area contributed by atoms with Crippen LogP contribution < -0.4 is 5.32 Å². The Labute approximate surface area is 74.7 Å². The highest BCUT2D eigenvalue weighted by molar-refractivity contribution is 4.89. The van der Waals surface area contributed by atoms with Crippen LogP contribution in [0.2, 0.25) is 0 Å². The molecule has 2 nitrogen and oxygen atoms in total. The Balaban J connectivity index is 1.94. The van der Waals surface area contributed by atoms with E-state index in [9.17, 15) is 0 Å². The van der Waals surface area contributed by atoms with Crippen molar-refractivity contribution in [2.75, 3.05) is 6.61 Å². The zero-order valence-corrected chi connectivity index (χ0v) is 8.05. The highest BCUT2D eigenvalue weighted by Crippen LogP contribution is 2.28. The van der Waals surface area contributed by atoms with E-state index in [4.69, 9.17) is 4.74 Å². The molecule has 2 fully saturated rings. The second-order valence-corrected chi connectivity index (χ2v) is 4.46. The van der Waals surface area contributed by atoms with Crippen molar-refractivity contribution in [2.45, 2.75) is 51.3 Å². The molecule has 1 N–H and O–H groups in total. The number of ether oxygens (including phenoxy) is 1. The standard InChI is InChI=1S/C10H19NO/c1-7-3-4-10-9(5-7)11-8(2)6-12-10/h7-11H,3-6H2,1-2H3. The zero-order chi connectivity index (χ0) is 8.55. The Morgan fingerprint density at radius 1 is 1.25 bits per heavy atom. The van der Waals surface area contributed by atoms with Gasteiger partial charge in [-0.15, -0.1) is 0 Å². The van der Waals surface area contributed by atoms with Crippen LogP contribution in [0.3, 0.4) is 0 Å². The molecule has 1 heterocycles. The van der Waals surface area contributed by atoms with Crippen LogP contribution in [0.25, 0.3) is 0 Å². The van der Waals surface area contributed by atoms with Crippen molar-refractivity contribution < 1.29 is 4.74 Å². The lowest BCUT2D eigenvalue weighted by Gasteiger charge is -2.41. The predicted octanol–water partition coefficient (Wildman–Crippen LogP) is 1.55. The molecule has 0 radical (unpaired) electrons. The molecule has 0 spiro atoms. The lowest BCUT2D eigenvalue weighted by molar-refractivity contribution is -0.0500. The van der Waals surface area contributed by atoms with Crippen molar-refractivity contribution in [1.82, 2.24) is 5.32 Å². The normalized spacial score (nSPS) is 48.5. The van der Waals surface area contributed by atoms with E-state index in [-0.39, 0.29) is 0 Å². The molecule has 4 atom stereocenters. The minimum absolute atomic E-state index is 0.511. The van der Waals surface area contributed by atoms with Gasteiger partial charge in [-0.1, -0.05) is 6.92 Å². The van der Waals surface area contributed by atoms with E-state index in [0.29, 0.717) is 18.2 Å². The van der Waals surface area contributed by atoms with E-state index in [0.717, 1.165) is 12.5 Å². The van der Waals surface area contributed by atoms with Gasteiger partial charge in [-0.2, -0.15) is 0 Å². The van der Waals surface area contributed by atoms with Gasteiger partial charge in [0.1, 0.15) is 0 Å². The summed E-state index contributed by atoms with van der Waals surface area (Å²) in [6.45, 7) is 5.45. The van der Waals surface area contributed by atoms with Gasteiger partial charge in [0.25, 0.3) is 0 Å². The molecular weight excluding hydrogens is 150 g/mol. The van der Waals surface area contributed by atoms with Crippen molar-refractivity contribution in [2.24, 2.45) is 5.92 Å². The first kappa shape index (κ1) is 8.52. The van der Waals surface area contributed by atoms with Crippen LogP contribution in [0.4, 0.5) is 0 Å². The third-order valence-corrected chi connectivity index (χ3v) is 3.11. The fourth-order valence-electron chi connectivity index (χ4n) is 2.41. The van der Waals surface area contributed by atoms with Gasteiger partial charge in [0.2, 0.25) is 0 Å². The van der Waals surface area contributed by atoms with Crippen LogP contribution in [0.1, 0.15) is 33.1 Å². The number of nitrogens with one attached hydrogen (secondary N) is 1. The van der Waals surface area contributed by atoms with E-state index < -0.39 is 0 Å². The molecule has 1 saturated carbocycles. The zero-order valence-electron chi connectivity index (χ0n) is 8.05. The Hall–Kier alpha value is -0.0800. The van der Waals surface area contributed by atoms with Gasteiger partial charge in [-0.05, 0) is 32.1 Å². The van der Waals surface area contributed by atoms with Gasteiger partial charge in [0, 0.05) is 12.1 Å².